The van der Waals surface area contributed by atoms with Crippen LogP contribution in [0.15, 0.2) is 65.7 Å². The van der Waals surface area contributed by atoms with E-state index in [1.807, 2.05) is 20.1 Å². The summed E-state index contributed by atoms with van der Waals surface area (Å²) < 4.78 is 0. The maximum Gasteiger partial charge on any atom is 0.326 e. The highest BCUT2D eigenvalue weighted by atomic mass is 32.2. The highest BCUT2D eigenvalue weighted by molar-refractivity contribution is 7.98. The molecule has 500 valence electrons. The molecule has 4 saturated heterocycles. The molecule has 2 aromatic carbocycles. The number of carbonyl (C=O) groups is 11. The van der Waals surface area contributed by atoms with Crippen LogP contribution < -0.4 is 54.8 Å². The Kier molecular flexibility index (Phi) is 28.8. The number of rotatable bonds is 34. The maximum absolute atomic E-state index is 14.8. The zero-order valence-corrected chi connectivity index (χ0v) is 53.5. The summed E-state index contributed by atoms with van der Waals surface area (Å²) >= 11 is 1.43. The van der Waals surface area contributed by atoms with Crippen LogP contribution in [0, 0.1) is 5.92 Å². The second-order valence-electron chi connectivity index (χ2n) is 24.3. The summed E-state index contributed by atoms with van der Waals surface area (Å²) in [5.41, 5.74) is 24.3. The molecule has 6 rings (SSSR count). The van der Waals surface area contributed by atoms with Gasteiger partial charge < -0.3 is 79.5 Å². The zero-order valence-electron chi connectivity index (χ0n) is 52.7. The van der Waals surface area contributed by atoms with Crippen LogP contribution in [0.5, 0.6) is 0 Å². The number of guanidine groups is 1. The lowest BCUT2D eigenvalue weighted by atomic mass is 10.0. The molecule has 0 spiro atoms. The molecule has 0 unspecified atom stereocenters. The van der Waals surface area contributed by atoms with E-state index in [1.54, 1.807) is 60.7 Å². The summed E-state index contributed by atoms with van der Waals surface area (Å²) in [5.74, 6) is -6.63. The number of nitrogens with two attached hydrogens (primary N) is 4. The molecule has 4 aliphatic rings. The van der Waals surface area contributed by atoms with E-state index in [0.29, 0.717) is 101 Å². The first-order chi connectivity index (χ1) is 43.6. The van der Waals surface area contributed by atoms with Crippen LogP contribution in [-0.4, -0.2) is 214 Å². The minimum atomic E-state index is -1.28. The van der Waals surface area contributed by atoms with E-state index in [2.05, 4.69) is 36.9 Å². The summed E-state index contributed by atoms with van der Waals surface area (Å²) in [5, 5.41) is 26.1. The number of hydrogen-bond donors (Lipinski definition) is 11. The molecule has 15 N–H and O–H groups in total. The van der Waals surface area contributed by atoms with Crippen molar-refractivity contribution in [3.8, 4) is 0 Å². The fourth-order valence-electron chi connectivity index (χ4n) is 12.3. The monoisotopic (exact) mass is 1290 g/mol. The number of likely N-dealkylation sites (tertiary alicyclic amines) is 4. The van der Waals surface area contributed by atoms with Crippen molar-refractivity contribution in [2.45, 2.75) is 183 Å². The molecule has 10 atom stereocenters. The number of thioether (sulfide) groups is 1. The zero-order chi connectivity index (χ0) is 66.1. The van der Waals surface area contributed by atoms with Crippen molar-refractivity contribution in [3.63, 3.8) is 0 Å². The summed E-state index contributed by atoms with van der Waals surface area (Å²) in [4.78, 5) is 164. The first-order valence-electron chi connectivity index (χ1n) is 31.9. The molecular weight excluding hydrogens is 1190 g/mol. The molecular formula is C63H95N15O12S. The molecule has 4 heterocycles. The Morgan fingerprint density at radius 3 is 1.59 bits per heavy atom. The second kappa shape index (κ2) is 36.3. The van der Waals surface area contributed by atoms with E-state index in [1.165, 1.54) is 31.4 Å². The summed E-state index contributed by atoms with van der Waals surface area (Å²) in [6.45, 7) is 4.67. The summed E-state index contributed by atoms with van der Waals surface area (Å²) in [6.07, 6.45) is 7.35. The van der Waals surface area contributed by atoms with Gasteiger partial charge in [-0.25, -0.2) is 4.79 Å². The summed E-state index contributed by atoms with van der Waals surface area (Å²) in [7, 11) is 0. The molecule has 4 fully saturated rings. The van der Waals surface area contributed by atoms with E-state index < -0.39 is 132 Å². The number of amides is 10. The first-order valence-corrected chi connectivity index (χ1v) is 33.3. The van der Waals surface area contributed by atoms with Crippen molar-refractivity contribution in [2.75, 3.05) is 57.8 Å². The van der Waals surface area contributed by atoms with Crippen LogP contribution in [0.2, 0.25) is 0 Å². The maximum atomic E-state index is 14.8. The Hall–Kier alpha value is -7.85. The van der Waals surface area contributed by atoms with Gasteiger partial charge >= 0.3 is 5.97 Å². The highest BCUT2D eigenvalue weighted by Crippen LogP contribution is 2.30. The molecule has 0 aliphatic carbocycles. The number of carbonyl (C=O) groups excluding carboxylic acids is 10. The van der Waals surface area contributed by atoms with Gasteiger partial charge in [-0.1, -0.05) is 74.5 Å². The molecule has 0 bridgehead atoms. The van der Waals surface area contributed by atoms with Crippen LogP contribution in [-0.2, 0) is 65.6 Å². The van der Waals surface area contributed by atoms with Gasteiger partial charge in [0.1, 0.15) is 54.4 Å². The molecule has 27 nitrogen and oxygen atoms in total. The van der Waals surface area contributed by atoms with E-state index >= 15 is 0 Å². The lowest BCUT2D eigenvalue weighted by molar-refractivity contribution is -0.151. The Bertz CT molecular complexity index is 2850. The average Bonchev–Trinajstić information content (AvgIpc) is 1.88. The Morgan fingerprint density at radius 1 is 0.571 bits per heavy atom. The lowest BCUT2D eigenvalue weighted by Gasteiger charge is -2.35. The first kappa shape index (κ1) is 72.2. The van der Waals surface area contributed by atoms with Gasteiger partial charge in [-0.05, 0) is 132 Å². The van der Waals surface area contributed by atoms with Crippen LogP contribution in [0.25, 0.3) is 0 Å². The van der Waals surface area contributed by atoms with Crippen molar-refractivity contribution in [1.82, 2.24) is 51.5 Å². The fraction of sp³-hybridized carbons (Fsp3) is 0.619. The third kappa shape index (κ3) is 21.4. The minimum Gasteiger partial charge on any atom is -0.480 e. The van der Waals surface area contributed by atoms with Crippen molar-refractivity contribution in [1.29, 1.82) is 0 Å². The topological polar surface area (TPSA) is 410 Å². The van der Waals surface area contributed by atoms with Gasteiger partial charge in [0.2, 0.25) is 59.1 Å². The minimum absolute atomic E-state index is 0.0173. The third-order valence-corrected chi connectivity index (χ3v) is 17.6. The normalized spacial score (nSPS) is 19.9. The molecule has 91 heavy (non-hydrogen) atoms. The van der Waals surface area contributed by atoms with Crippen LogP contribution in [0.3, 0.4) is 0 Å². The molecule has 0 radical (unpaired) electrons. The van der Waals surface area contributed by atoms with Gasteiger partial charge in [0, 0.05) is 45.6 Å². The second-order valence-corrected chi connectivity index (χ2v) is 25.3. The van der Waals surface area contributed by atoms with Gasteiger partial charge in [0.25, 0.3) is 0 Å². The number of carboxylic acids is 1. The van der Waals surface area contributed by atoms with E-state index in [4.69, 9.17) is 22.9 Å². The number of nitrogens with one attached hydrogen (secondary N) is 6. The van der Waals surface area contributed by atoms with Crippen molar-refractivity contribution >= 4 is 82.8 Å². The van der Waals surface area contributed by atoms with E-state index in [-0.39, 0.29) is 76.6 Å². The largest absolute Gasteiger partial charge is 0.480 e. The number of hydrogen-bond acceptors (Lipinski definition) is 15. The lowest BCUT2D eigenvalue weighted by Crippen LogP contribution is -2.60. The Labute approximate surface area is 536 Å². The van der Waals surface area contributed by atoms with Crippen molar-refractivity contribution in [3.05, 3.63) is 71.8 Å². The van der Waals surface area contributed by atoms with Gasteiger partial charge in [-0.3, -0.25) is 52.9 Å². The number of aliphatic imine (C=N–C) groups is 1. The van der Waals surface area contributed by atoms with Gasteiger partial charge in [0.05, 0.1) is 12.6 Å². The average molecular weight is 1290 g/mol. The quantitative estimate of drug-likeness (QED) is 0.0236. The Morgan fingerprint density at radius 2 is 1.05 bits per heavy atom. The van der Waals surface area contributed by atoms with Crippen LogP contribution in [0.4, 0.5) is 0 Å². The predicted octanol–water partition coefficient (Wildman–Crippen LogP) is -0.630. The third-order valence-electron chi connectivity index (χ3n) is 17.0. The van der Waals surface area contributed by atoms with Gasteiger partial charge in [-0.15, -0.1) is 0 Å². The highest BCUT2D eigenvalue weighted by Gasteiger charge is 2.47. The molecule has 4 aliphatic heterocycles. The smallest absolute Gasteiger partial charge is 0.326 e. The standard InChI is InChI=1S/C63H95N15O12S/c1-39(2)35-45(54(81)72-44(62(89)90)27-34-91-3)70-52(79)38-69-53(80)46(36-40-17-6-4-7-18-40)73-55(82)47(37-41-19-8-5-9-20-41)74-57(84)49-24-14-31-76(49)60(87)51-26-16-33-78(51)61(88)50-25-15-32-77(50)59(86)43(22-10-11-28-64)71-56(83)48-23-13-30-75(48)58(85)42(65)21-12-29-68-63(66)67/h4-9,17-20,39,42-51H,10-16,21-38,64-65H2,1-3H3,(H,69,80)(H,70,79)(H,71,83)(H,72,81)(H,73,82)(H,74,84)(H,89,90)(H4,66,67,68)/t42-,43-,44+,45-,46-,47-,48-,49-,50-,51+/m0/s1. The number of benzene rings is 2. The number of nitrogens with zero attached hydrogens (tertiary/aromatic N) is 5. The number of carboxylic acid groups (broad SMARTS) is 1. The molecule has 0 saturated carbocycles. The molecule has 28 heteroatoms. The van der Waals surface area contributed by atoms with Gasteiger partial charge in [0.15, 0.2) is 5.96 Å². The predicted molar refractivity (Wildman–Crippen MR) is 343 cm³/mol. The van der Waals surface area contributed by atoms with Crippen molar-refractivity contribution in [2.24, 2.45) is 33.8 Å². The summed E-state index contributed by atoms with van der Waals surface area (Å²) in [6, 6.07) is 7.15. The number of aliphatic carboxylic acids is 1. The number of unbranched alkanes of at least 4 members (excludes halogenated alkanes) is 1. The Balaban J connectivity index is 1.13. The molecule has 0 aromatic heterocycles. The van der Waals surface area contributed by atoms with Gasteiger partial charge in [-0.2, -0.15) is 11.8 Å². The van der Waals surface area contributed by atoms with Crippen molar-refractivity contribution < 1.29 is 57.8 Å². The van der Waals surface area contributed by atoms with E-state index in [9.17, 15) is 57.8 Å². The fourth-order valence-corrected chi connectivity index (χ4v) is 12.8. The molecule has 10 amide bonds. The van der Waals surface area contributed by atoms with Crippen LogP contribution in [0.1, 0.15) is 121 Å². The van der Waals surface area contributed by atoms with Crippen LogP contribution >= 0.6 is 11.8 Å². The molecule has 2 aromatic rings. The SMILES string of the molecule is CSCC[C@@H](NC(=O)[C@H](CC(C)C)NC(=O)CNC(=O)[C@H](Cc1ccccc1)NC(=O)[C@H](Cc1ccccc1)NC(=O)[C@@H]1CCCN1C(=O)[C@H]1CCCN1C(=O)[C@@H]1CCCN1C(=O)[C@H](CCCCN)NC(=O)[C@@H]1CCCN1C(=O)[C@@H](N)CCCN=C(N)N)C(=O)O. The van der Waals surface area contributed by atoms with E-state index in [0.717, 1.165) is 0 Å².